The molecule has 0 atom stereocenters. The Morgan fingerprint density at radius 1 is 1.50 bits per heavy atom. The topological polar surface area (TPSA) is 17.8 Å². The van der Waals surface area contributed by atoms with E-state index in [-0.39, 0.29) is 0 Å². The molecule has 0 saturated carbocycles. The zero-order chi connectivity index (χ0) is 8.72. The highest BCUT2D eigenvalue weighted by molar-refractivity contribution is 9.10. The molecule has 0 aromatic carbocycles. The van der Waals surface area contributed by atoms with Gasteiger partial charge in [-0.15, -0.1) is 0 Å². The Kier molecular flexibility index (Phi) is 1.85. The number of halogens is 2. The predicted molar refractivity (Wildman–Crippen MR) is 53.4 cm³/mol. The summed E-state index contributed by atoms with van der Waals surface area (Å²) in [6.07, 6.45) is 5.40. The average Bonchev–Trinajstić information content (AvgIpc) is 2.29. The fourth-order valence-corrected chi connectivity index (χ4v) is 2.16. The van der Waals surface area contributed by atoms with Gasteiger partial charge in [-0.2, -0.15) is 0 Å². The maximum Gasteiger partial charge on any atom is 0.0677 e. The molecule has 0 unspecified atom stereocenters. The first-order chi connectivity index (χ1) is 5.70. The molecule has 2 aromatic rings. The molecular weight excluding hydrogens is 239 g/mol. The van der Waals surface area contributed by atoms with Crippen molar-refractivity contribution in [3.8, 4) is 0 Å². The van der Waals surface area contributed by atoms with Gasteiger partial charge in [0.15, 0.2) is 0 Å². The Morgan fingerprint density at radius 2 is 2.25 bits per heavy atom. The molecule has 0 N–H and O–H groups in total. The van der Waals surface area contributed by atoms with Gasteiger partial charge in [-0.1, -0.05) is 11.6 Å². The molecule has 0 bridgehead atoms. The Labute approximate surface area is 83.3 Å². The van der Waals surface area contributed by atoms with Crippen LogP contribution in [0.2, 0.25) is 5.02 Å². The molecule has 0 fully saturated rings. The van der Waals surface area contributed by atoms with Crippen LogP contribution in [0, 0.1) is 0 Å². The molecule has 2 nitrogen and oxygen atoms in total. The van der Waals surface area contributed by atoms with Crippen LogP contribution in [-0.4, -0.2) is 9.55 Å². The highest BCUT2D eigenvalue weighted by atomic mass is 79.9. The molecule has 0 radical (unpaired) electrons. The van der Waals surface area contributed by atoms with Gasteiger partial charge in [-0.05, 0) is 15.9 Å². The van der Waals surface area contributed by atoms with Crippen molar-refractivity contribution in [1.29, 1.82) is 0 Å². The summed E-state index contributed by atoms with van der Waals surface area (Å²) in [5.74, 6) is 0. The van der Waals surface area contributed by atoms with Gasteiger partial charge < -0.3 is 4.57 Å². The van der Waals surface area contributed by atoms with Crippen molar-refractivity contribution in [3.05, 3.63) is 28.1 Å². The summed E-state index contributed by atoms with van der Waals surface area (Å²) in [7, 11) is 1.96. The molecule has 0 amide bonds. The van der Waals surface area contributed by atoms with Gasteiger partial charge in [-0.25, -0.2) is 0 Å². The lowest BCUT2D eigenvalue weighted by atomic mass is 10.3. The standard InChI is InChI=1S/C8H6BrClN2/c1-12-4-7(10)5-2-11-3-6(9)8(5)12/h2-4H,1H3. The van der Waals surface area contributed by atoms with Crippen molar-refractivity contribution in [2.24, 2.45) is 7.05 Å². The summed E-state index contributed by atoms with van der Waals surface area (Å²) in [5.41, 5.74) is 1.08. The lowest BCUT2D eigenvalue weighted by Crippen LogP contribution is -1.85. The highest BCUT2D eigenvalue weighted by Crippen LogP contribution is 2.29. The second-order valence-electron chi connectivity index (χ2n) is 2.61. The van der Waals surface area contributed by atoms with E-state index in [4.69, 9.17) is 11.6 Å². The molecule has 0 spiro atoms. The molecule has 4 heteroatoms. The minimum atomic E-state index is 0.737. The lowest BCUT2D eigenvalue weighted by Gasteiger charge is -1.96. The van der Waals surface area contributed by atoms with Gasteiger partial charge in [0.2, 0.25) is 0 Å². The first-order valence-corrected chi connectivity index (χ1v) is 4.61. The van der Waals surface area contributed by atoms with Crippen LogP contribution in [0.25, 0.3) is 10.9 Å². The van der Waals surface area contributed by atoms with Crippen molar-refractivity contribution in [2.75, 3.05) is 0 Å². The summed E-state index contributed by atoms with van der Waals surface area (Å²) in [5, 5.41) is 1.72. The van der Waals surface area contributed by atoms with Gasteiger partial charge >= 0.3 is 0 Å². The number of rotatable bonds is 0. The third-order valence-corrected chi connectivity index (χ3v) is 2.67. The van der Waals surface area contributed by atoms with E-state index in [1.807, 2.05) is 17.8 Å². The number of pyridine rings is 1. The third kappa shape index (κ3) is 1.04. The minimum Gasteiger partial charge on any atom is -0.348 e. The van der Waals surface area contributed by atoms with Crippen LogP contribution in [0.1, 0.15) is 0 Å². The van der Waals surface area contributed by atoms with Crippen LogP contribution in [0.3, 0.4) is 0 Å². The molecular formula is C8H6BrClN2. The molecule has 0 aliphatic carbocycles. The van der Waals surface area contributed by atoms with Crippen molar-refractivity contribution < 1.29 is 0 Å². The first-order valence-electron chi connectivity index (χ1n) is 3.44. The number of aromatic nitrogens is 2. The summed E-state index contributed by atoms with van der Waals surface area (Å²) in [4.78, 5) is 4.04. The number of fused-ring (bicyclic) bond motifs is 1. The molecule has 12 heavy (non-hydrogen) atoms. The first kappa shape index (κ1) is 8.08. The van der Waals surface area contributed by atoms with Crippen molar-refractivity contribution in [2.45, 2.75) is 0 Å². The molecule has 0 aliphatic heterocycles. The van der Waals surface area contributed by atoms with E-state index < -0.39 is 0 Å². The van der Waals surface area contributed by atoms with Gasteiger partial charge in [0.1, 0.15) is 0 Å². The average molecular weight is 246 g/mol. The van der Waals surface area contributed by atoms with E-state index in [9.17, 15) is 0 Å². The minimum absolute atomic E-state index is 0.737. The fourth-order valence-electron chi connectivity index (χ4n) is 1.27. The largest absolute Gasteiger partial charge is 0.348 e. The van der Waals surface area contributed by atoms with Crippen molar-refractivity contribution in [3.63, 3.8) is 0 Å². The number of hydrogen-bond acceptors (Lipinski definition) is 1. The monoisotopic (exact) mass is 244 g/mol. The second kappa shape index (κ2) is 2.75. The number of hydrogen-bond donors (Lipinski definition) is 0. The maximum absolute atomic E-state index is 5.97. The smallest absolute Gasteiger partial charge is 0.0677 e. The summed E-state index contributed by atoms with van der Waals surface area (Å²) in [6.45, 7) is 0. The van der Waals surface area contributed by atoms with E-state index in [0.29, 0.717) is 0 Å². The Balaban J connectivity index is 2.99. The second-order valence-corrected chi connectivity index (χ2v) is 3.87. The quantitative estimate of drug-likeness (QED) is 0.698. The molecule has 2 aromatic heterocycles. The summed E-state index contributed by atoms with van der Waals surface area (Å²) in [6, 6.07) is 0. The lowest BCUT2D eigenvalue weighted by molar-refractivity contribution is 0.965. The SMILES string of the molecule is Cn1cc(Cl)c2cncc(Br)c21. The van der Waals surface area contributed by atoms with Crippen LogP contribution < -0.4 is 0 Å². The van der Waals surface area contributed by atoms with Gasteiger partial charge in [-0.3, -0.25) is 4.98 Å². The predicted octanol–water partition coefficient (Wildman–Crippen LogP) is 2.99. The molecule has 2 heterocycles. The third-order valence-electron chi connectivity index (χ3n) is 1.79. The summed E-state index contributed by atoms with van der Waals surface area (Å²) >= 11 is 9.39. The molecule has 0 aliphatic rings. The van der Waals surface area contributed by atoms with E-state index in [1.165, 1.54) is 0 Å². The van der Waals surface area contributed by atoms with Gasteiger partial charge in [0, 0.05) is 31.0 Å². The van der Waals surface area contributed by atoms with Crippen molar-refractivity contribution >= 4 is 38.4 Å². The molecule has 62 valence electrons. The van der Waals surface area contributed by atoms with Gasteiger partial charge in [0.25, 0.3) is 0 Å². The van der Waals surface area contributed by atoms with Crippen LogP contribution in [-0.2, 0) is 7.05 Å². The zero-order valence-corrected chi connectivity index (χ0v) is 8.72. The van der Waals surface area contributed by atoms with Gasteiger partial charge in [0.05, 0.1) is 15.0 Å². The van der Waals surface area contributed by atoms with Crippen LogP contribution in [0.15, 0.2) is 23.1 Å². The van der Waals surface area contributed by atoms with E-state index in [1.54, 1.807) is 12.4 Å². The Bertz CT molecular complexity index is 436. The Morgan fingerprint density at radius 3 is 2.92 bits per heavy atom. The highest BCUT2D eigenvalue weighted by Gasteiger charge is 2.06. The molecule has 2 rings (SSSR count). The summed E-state index contributed by atoms with van der Waals surface area (Å²) < 4.78 is 2.94. The Hall–Kier alpha value is -0.540. The number of nitrogens with zero attached hydrogens (tertiary/aromatic N) is 2. The maximum atomic E-state index is 5.97. The van der Waals surface area contributed by atoms with Crippen LogP contribution in [0.5, 0.6) is 0 Å². The van der Waals surface area contributed by atoms with E-state index in [0.717, 1.165) is 20.4 Å². The zero-order valence-electron chi connectivity index (χ0n) is 6.38. The van der Waals surface area contributed by atoms with E-state index >= 15 is 0 Å². The van der Waals surface area contributed by atoms with E-state index in [2.05, 4.69) is 20.9 Å². The number of aryl methyl sites for hydroxylation is 1. The van der Waals surface area contributed by atoms with Crippen molar-refractivity contribution in [1.82, 2.24) is 9.55 Å². The normalized spacial score (nSPS) is 10.9. The molecule has 0 saturated heterocycles. The van der Waals surface area contributed by atoms with Crippen LogP contribution in [0.4, 0.5) is 0 Å². The fraction of sp³-hybridized carbons (Fsp3) is 0.125. The van der Waals surface area contributed by atoms with Crippen LogP contribution >= 0.6 is 27.5 Å².